The van der Waals surface area contributed by atoms with Crippen molar-refractivity contribution in [3.8, 4) is 0 Å². The summed E-state index contributed by atoms with van der Waals surface area (Å²) in [5, 5.41) is 8.59. The zero-order chi connectivity index (χ0) is 15.8. The largest absolute Gasteiger partial charge is 0.478 e. The van der Waals surface area contributed by atoms with Crippen LogP contribution in [0.4, 0.5) is 5.69 Å². The van der Waals surface area contributed by atoms with E-state index < -0.39 is 16.0 Å². The zero-order valence-electron chi connectivity index (χ0n) is 11.2. The number of carboxylic acid groups (broad SMARTS) is 1. The second kappa shape index (κ2) is 5.38. The van der Waals surface area contributed by atoms with E-state index in [2.05, 4.69) is 9.71 Å². The molecule has 0 bridgehead atoms. The van der Waals surface area contributed by atoms with Crippen molar-refractivity contribution in [3.63, 3.8) is 0 Å². The number of anilines is 1. The van der Waals surface area contributed by atoms with Gasteiger partial charge in [-0.2, -0.15) is 8.42 Å². The van der Waals surface area contributed by atoms with Crippen molar-refractivity contribution in [1.29, 1.82) is 0 Å². The first-order valence-corrected chi connectivity index (χ1v) is 7.62. The number of carboxylic acids is 1. The highest BCUT2D eigenvalue weighted by Gasteiger charge is 2.23. The van der Waals surface area contributed by atoms with Crippen LogP contribution in [0, 0.1) is 6.92 Å². The van der Waals surface area contributed by atoms with E-state index in [4.69, 9.17) is 16.7 Å². The monoisotopic (exact) mass is 329 g/mol. The minimum Gasteiger partial charge on any atom is -0.478 e. The molecule has 0 atom stereocenters. The van der Waals surface area contributed by atoms with Crippen molar-refractivity contribution in [3.05, 3.63) is 40.8 Å². The first-order chi connectivity index (χ1) is 9.72. The molecular weight excluding hydrogens is 318 g/mol. The molecule has 0 radical (unpaired) electrons. The molecule has 0 amide bonds. The lowest BCUT2D eigenvalue weighted by Gasteiger charge is -2.10. The number of aryl methyl sites for hydroxylation is 2. The molecule has 0 saturated heterocycles. The molecular formula is C12H12ClN3O4S. The van der Waals surface area contributed by atoms with E-state index >= 15 is 0 Å². The number of aromatic nitrogens is 2. The Morgan fingerprint density at radius 2 is 2.10 bits per heavy atom. The quantitative estimate of drug-likeness (QED) is 0.891. The van der Waals surface area contributed by atoms with E-state index in [1.807, 2.05) is 0 Å². The van der Waals surface area contributed by atoms with Crippen molar-refractivity contribution >= 4 is 33.3 Å². The SMILES string of the molecule is Cc1cc(C(=O)O)ccc1NS(=O)(=O)c1ncn(C)c1Cl. The molecule has 1 aromatic heterocycles. The van der Waals surface area contributed by atoms with Crippen LogP contribution >= 0.6 is 11.6 Å². The molecule has 9 heteroatoms. The number of benzene rings is 1. The van der Waals surface area contributed by atoms with Gasteiger partial charge < -0.3 is 9.67 Å². The number of aromatic carboxylic acids is 1. The van der Waals surface area contributed by atoms with E-state index in [1.165, 1.54) is 29.1 Å². The third-order valence-electron chi connectivity index (χ3n) is 2.81. The van der Waals surface area contributed by atoms with Crippen molar-refractivity contribution in [2.45, 2.75) is 11.9 Å². The van der Waals surface area contributed by atoms with Crippen LogP contribution in [0.25, 0.3) is 0 Å². The van der Waals surface area contributed by atoms with Gasteiger partial charge in [-0.25, -0.2) is 9.78 Å². The Kier molecular flexibility index (Phi) is 3.93. The first kappa shape index (κ1) is 15.3. The van der Waals surface area contributed by atoms with Crippen LogP contribution in [0.5, 0.6) is 0 Å². The molecule has 21 heavy (non-hydrogen) atoms. The molecule has 0 unspecified atom stereocenters. The highest BCUT2D eigenvalue weighted by atomic mass is 35.5. The Morgan fingerprint density at radius 1 is 1.43 bits per heavy atom. The Balaban J connectivity index is 2.37. The number of nitrogens with zero attached hydrogens (tertiary/aromatic N) is 2. The Hall–Kier alpha value is -2.06. The fourth-order valence-corrected chi connectivity index (χ4v) is 3.24. The van der Waals surface area contributed by atoms with E-state index in [0.29, 0.717) is 5.56 Å². The molecule has 2 N–H and O–H groups in total. The summed E-state index contributed by atoms with van der Waals surface area (Å²) in [5.41, 5.74) is 0.818. The van der Waals surface area contributed by atoms with E-state index in [1.54, 1.807) is 14.0 Å². The fraction of sp³-hybridized carbons (Fsp3) is 0.167. The van der Waals surface area contributed by atoms with Crippen molar-refractivity contribution in [2.24, 2.45) is 7.05 Å². The standard InChI is InChI=1S/C12H12ClN3O4S/c1-7-5-8(12(17)18)3-4-9(7)15-21(19,20)11-10(13)16(2)6-14-11/h3-6,15H,1-2H3,(H,17,18). The van der Waals surface area contributed by atoms with Gasteiger partial charge in [0.2, 0.25) is 5.03 Å². The van der Waals surface area contributed by atoms with Crippen LogP contribution < -0.4 is 4.72 Å². The summed E-state index contributed by atoms with van der Waals surface area (Å²) in [5.74, 6) is -1.08. The van der Waals surface area contributed by atoms with Gasteiger partial charge in [-0.1, -0.05) is 11.6 Å². The number of imidazole rings is 1. The lowest BCUT2D eigenvalue weighted by atomic mass is 10.1. The predicted molar refractivity (Wildman–Crippen MR) is 77.2 cm³/mol. The van der Waals surface area contributed by atoms with E-state index in [9.17, 15) is 13.2 Å². The molecule has 0 saturated carbocycles. The average Bonchev–Trinajstić information content (AvgIpc) is 2.72. The molecule has 0 aliphatic carbocycles. The predicted octanol–water partition coefficient (Wildman–Crippen LogP) is 1.88. The van der Waals surface area contributed by atoms with Crippen LogP contribution in [0.2, 0.25) is 5.15 Å². The third-order valence-corrected chi connectivity index (χ3v) is 4.66. The smallest absolute Gasteiger partial charge is 0.335 e. The lowest BCUT2D eigenvalue weighted by Crippen LogP contribution is -2.15. The number of hydrogen-bond acceptors (Lipinski definition) is 4. The highest BCUT2D eigenvalue weighted by molar-refractivity contribution is 7.92. The molecule has 0 aliphatic rings. The highest BCUT2D eigenvalue weighted by Crippen LogP contribution is 2.24. The summed E-state index contributed by atoms with van der Waals surface area (Å²) in [6.07, 6.45) is 1.29. The number of nitrogens with one attached hydrogen (secondary N) is 1. The number of halogens is 1. The van der Waals surface area contributed by atoms with Gasteiger partial charge in [0.05, 0.1) is 17.6 Å². The molecule has 1 aromatic carbocycles. The van der Waals surface area contributed by atoms with Crippen LogP contribution in [0.3, 0.4) is 0 Å². The molecule has 0 spiro atoms. The number of carbonyl (C=O) groups is 1. The second-order valence-corrected chi connectivity index (χ2v) is 6.35. The Morgan fingerprint density at radius 3 is 2.57 bits per heavy atom. The molecule has 2 rings (SSSR count). The summed E-state index contributed by atoms with van der Waals surface area (Å²) in [7, 11) is -2.37. The van der Waals surface area contributed by atoms with Crippen LogP contribution in [-0.4, -0.2) is 29.0 Å². The Bertz CT molecular complexity index is 814. The third kappa shape index (κ3) is 3.01. The maximum atomic E-state index is 12.2. The molecule has 2 aromatic rings. The molecule has 112 valence electrons. The normalized spacial score (nSPS) is 11.4. The second-order valence-electron chi connectivity index (χ2n) is 4.39. The molecule has 0 fully saturated rings. The average molecular weight is 330 g/mol. The van der Waals surface area contributed by atoms with Crippen LogP contribution in [0.1, 0.15) is 15.9 Å². The van der Waals surface area contributed by atoms with Crippen molar-refractivity contribution < 1.29 is 18.3 Å². The van der Waals surface area contributed by atoms with Gasteiger partial charge >= 0.3 is 5.97 Å². The van der Waals surface area contributed by atoms with Crippen molar-refractivity contribution in [2.75, 3.05) is 4.72 Å². The van der Waals surface area contributed by atoms with E-state index in [0.717, 1.165) is 0 Å². The summed E-state index contributed by atoms with van der Waals surface area (Å²) >= 11 is 5.87. The topological polar surface area (TPSA) is 101 Å². The van der Waals surface area contributed by atoms with Gasteiger partial charge in [0, 0.05) is 7.05 Å². The number of sulfonamides is 1. The van der Waals surface area contributed by atoms with E-state index in [-0.39, 0.29) is 21.4 Å². The maximum Gasteiger partial charge on any atom is 0.335 e. The van der Waals surface area contributed by atoms with Gasteiger partial charge in [0.25, 0.3) is 10.0 Å². The maximum absolute atomic E-state index is 12.2. The van der Waals surface area contributed by atoms with Crippen LogP contribution in [-0.2, 0) is 17.1 Å². The van der Waals surface area contributed by atoms with Gasteiger partial charge in [0.15, 0.2) is 0 Å². The minimum absolute atomic E-state index is 0.0118. The van der Waals surface area contributed by atoms with Gasteiger partial charge in [-0.05, 0) is 30.7 Å². The Labute approximate surface area is 126 Å². The minimum atomic E-state index is -3.94. The summed E-state index contributed by atoms with van der Waals surface area (Å²) in [4.78, 5) is 14.6. The van der Waals surface area contributed by atoms with Gasteiger partial charge in [-0.3, -0.25) is 4.72 Å². The zero-order valence-corrected chi connectivity index (χ0v) is 12.7. The van der Waals surface area contributed by atoms with Crippen LogP contribution in [0.15, 0.2) is 29.6 Å². The number of rotatable bonds is 4. The number of hydrogen-bond donors (Lipinski definition) is 2. The van der Waals surface area contributed by atoms with Gasteiger partial charge in [-0.15, -0.1) is 0 Å². The van der Waals surface area contributed by atoms with Gasteiger partial charge in [0.1, 0.15) is 5.15 Å². The molecule has 7 nitrogen and oxygen atoms in total. The summed E-state index contributed by atoms with van der Waals surface area (Å²) in [6.45, 7) is 1.60. The lowest BCUT2D eigenvalue weighted by molar-refractivity contribution is 0.0697. The molecule has 0 aliphatic heterocycles. The first-order valence-electron chi connectivity index (χ1n) is 5.76. The summed E-state index contributed by atoms with van der Waals surface area (Å²) < 4.78 is 28.2. The molecule has 1 heterocycles. The summed E-state index contributed by atoms with van der Waals surface area (Å²) in [6, 6.07) is 4.07. The van der Waals surface area contributed by atoms with Crippen molar-refractivity contribution in [1.82, 2.24) is 9.55 Å². The fourth-order valence-electron chi connectivity index (χ4n) is 1.68.